The molecule has 0 saturated heterocycles. The lowest BCUT2D eigenvalue weighted by Gasteiger charge is -1.88. The summed E-state index contributed by atoms with van der Waals surface area (Å²) in [5.74, 6) is 0. The van der Waals surface area contributed by atoms with Crippen molar-refractivity contribution in [2.75, 3.05) is 0 Å². The van der Waals surface area contributed by atoms with E-state index in [9.17, 15) is 0 Å². The van der Waals surface area contributed by atoms with Crippen LogP contribution in [0.15, 0.2) is 18.2 Å². The van der Waals surface area contributed by atoms with Crippen molar-refractivity contribution in [3.05, 3.63) is 28.0 Å². The Bertz CT molecular complexity index is 248. The van der Waals surface area contributed by atoms with E-state index in [0.29, 0.717) is 0 Å². The Balaban J connectivity index is 2.64. The van der Waals surface area contributed by atoms with Crippen LogP contribution in [0.4, 0.5) is 0 Å². The summed E-state index contributed by atoms with van der Waals surface area (Å²) in [6.07, 6.45) is 4.06. The van der Waals surface area contributed by atoms with E-state index in [4.69, 9.17) is 11.6 Å². The van der Waals surface area contributed by atoms with E-state index < -0.39 is 0 Å². The minimum atomic E-state index is 0.123. The first-order chi connectivity index (χ1) is 5.18. The SMILES string of the molecule is Cc1ccc(/C=C/C(C)Cl)s1. The monoisotopic (exact) mass is 186 g/mol. The van der Waals surface area contributed by atoms with Gasteiger partial charge in [0.2, 0.25) is 0 Å². The first-order valence-corrected chi connectivity index (χ1v) is 4.82. The summed E-state index contributed by atoms with van der Waals surface area (Å²) in [5.41, 5.74) is 0. The number of allylic oxidation sites excluding steroid dienone is 1. The molecule has 0 amide bonds. The minimum Gasteiger partial charge on any atom is -0.141 e. The van der Waals surface area contributed by atoms with Gasteiger partial charge in [0.15, 0.2) is 0 Å². The summed E-state index contributed by atoms with van der Waals surface area (Å²) in [6.45, 7) is 4.06. The van der Waals surface area contributed by atoms with Gasteiger partial charge in [-0.25, -0.2) is 0 Å². The van der Waals surface area contributed by atoms with Crippen LogP contribution in [0.25, 0.3) is 6.08 Å². The lowest BCUT2D eigenvalue weighted by molar-refractivity contribution is 1.24. The van der Waals surface area contributed by atoms with Crippen molar-refractivity contribution in [1.82, 2.24) is 0 Å². The molecule has 1 unspecified atom stereocenters. The number of alkyl halides is 1. The fraction of sp³-hybridized carbons (Fsp3) is 0.333. The van der Waals surface area contributed by atoms with E-state index in [2.05, 4.69) is 25.1 Å². The summed E-state index contributed by atoms with van der Waals surface area (Å²) >= 11 is 7.54. The molecule has 60 valence electrons. The molecule has 0 N–H and O–H groups in total. The number of hydrogen-bond donors (Lipinski definition) is 0. The van der Waals surface area contributed by atoms with Gasteiger partial charge in [-0.15, -0.1) is 22.9 Å². The molecule has 1 aromatic rings. The van der Waals surface area contributed by atoms with E-state index >= 15 is 0 Å². The van der Waals surface area contributed by atoms with Crippen molar-refractivity contribution < 1.29 is 0 Å². The Labute approximate surface area is 76.5 Å². The second-order valence-electron chi connectivity index (χ2n) is 2.49. The van der Waals surface area contributed by atoms with Crippen molar-refractivity contribution in [2.24, 2.45) is 0 Å². The smallest absolute Gasteiger partial charge is 0.0491 e. The van der Waals surface area contributed by atoms with Gasteiger partial charge < -0.3 is 0 Å². The molecule has 1 aromatic heterocycles. The Morgan fingerprint density at radius 2 is 2.27 bits per heavy atom. The van der Waals surface area contributed by atoms with Crippen LogP contribution in [0.3, 0.4) is 0 Å². The van der Waals surface area contributed by atoms with Gasteiger partial charge in [0.25, 0.3) is 0 Å². The Kier molecular flexibility index (Phi) is 3.16. The van der Waals surface area contributed by atoms with Crippen LogP contribution in [-0.2, 0) is 0 Å². The zero-order chi connectivity index (χ0) is 8.27. The fourth-order valence-electron chi connectivity index (χ4n) is 0.770. The van der Waals surface area contributed by atoms with E-state index in [0.717, 1.165) is 0 Å². The maximum absolute atomic E-state index is 5.75. The molecular formula is C9H11ClS. The highest BCUT2D eigenvalue weighted by molar-refractivity contribution is 7.12. The number of aryl methyl sites for hydroxylation is 1. The van der Waals surface area contributed by atoms with Crippen molar-refractivity contribution in [3.63, 3.8) is 0 Å². The number of thiophene rings is 1. The zero-order valence-electron chi connectivity index (χ0n) is 6.67. The summed E-state index contributed by atoms with van der Waals surface area (Å²) in [7, 11) is 0. The van der Waals surface area contributed by atoms with Crippen LogP contribution in [0.1, 0.15) is 16.7 Å². The van der Waals surface area contributed by atoms with Gasteiger partial charge in [-0.1, -0.05) is 6.08 Å². The van der Waals surface area contributed by atoms with Gasteiger partial charge in [-0.2, -0.15) is 0 Å². The van der Waals surface area contributed by atoms with Crippen LogP contribution in [0.5, 0.6) is 0 Å². The highest BCUT2D eigenvalue weighted by Crippen LogP contribution is 2.16. The zero-order valence-corrected chi connectivity index (χ0v) is 8.25. The molecule has 0 radical (unpaired) electrons. The predicted octanol–water partition coefficient (Wildman–Crippen LogP) is 3.70. The second kappa shape index (κ2) is 3.93. The van der Waals surface area contributed by atoms with Crippen LogP contribution in [-0.4, -0.2) is 5.38 Å². The summed E-state index contributed by atoms with van der Waals surface area (Å²) in [6, 6.07) is 4.22. The lowest BCUT2D eigenvalue weighted by atomic mass is 10.3. The quantitative estimate of drug-likeness (QED) is 0.618. The molecular weight excluding hydrogens is 176 g/mol. The first-order valence-electron chi connectivity index (χ1n) is 3.57. The molecule has 0 aromatic carbocycles. The van der Waals surface area contributed by atoms with E-state index in [1.807, 2.05) is 13.0 Å². The summed E-state index contributed by atoms with van der Waals surface area (Å²) in [5, 5.41) is 0.123. The highest BCUT2D eigenvalue weighted by Gasteiger charge is 1.91. The molecule has 0 fully saturated rings. The van der Waals surface area contributed by atoms with Crippen molar-refractivity contribution in [2.45, 2.75) is 19.2 Å². The maximum Gasteiger partial charge on any atom is 0.0491 e. The molecule has 0 nitrogen and oxygen atoms in total. The Morgan fingerprint density at radius 3 is 2.73 bits per heavy atom. The van der Waals surface area contributed by atoms with Crippen molar-refractivity contribution in [1.29, 1.82) is 0 Å². The van der Waals surface area contributed by atoms with Crippen molar-refractivity contribution >= 4 is 29.0 Å². The maximum atomic E-state index is 5.75. The first kappa shape index (κ1) is 8.82. The van der Waals surface area contributed by atoms with Gasteiger partial charge in [0.05, 0.1) is 0 Å². The van der Waals surface area contributed by atoms with Crippen molar-refractivity contribution in [3.8, 4) is 0 Å². The molecule has 2 heteroatoms. The minimum absolute atomic E-state index is 0.123. The number of halogens is 1. The second-order valence-corrected chi connectivity index (χ2v) is 4.49. The average Bonchev–Trinajstić information content (AvgIpc) is 2.31. The van der Waals surface area contributed by atoms with Gasteiger partial charge >= 0.3 is 0 Å². The third kappa shape index (κ3) is 3.08. The molecule has 1 atom stereocenters. The third-order valence-corrected chi connectivity index (χ3v) is 2.40. The van der Waals surface area contributed by atoms with Gasteiger partial charge in [0.1, 0.15) is 0 Å². The topological polar surface area (TPSA) is 0 Å². The molecule has 0 bridgehead atoms. The lowest BCUT2D eigenvalue weighted by Crippen LogP contribution is -1.78. The van der Waals surface area contributed by atoms with E-state index in [-0.39, 0.29) is 5.38 Å². The standard InChI is InChI=1S/C9H11ClS/c1-7(10)3-5-9-6-4-8(2)11-9/h3-7H,1-2H3/b5-3+. The van der Waals surface area contributed by atoms with Crippen LogP contribution in [0, 0.1) is 6.92 Å². The number of rotatable bonds is 2. The number of hydrogen-bond acceptors (Lipinski definition) is 1. The predicted molar refractivity (Wildman–Crippen MR) is 53.4 cm³/mol. The normalized spacial score (nSPS) is 14.1. The van der Waals surface area contributed by atoms with Gasteiger partial charge in [0, 0.05) is 15.1 Å². The van der Waals surface area contributed by atoms with Gasteiger partial charge in [-0.3, -0.25) is 0 Å². The molecule has 1 heterocycles. The molecule has 0 saturated carbocycles. The fourth-order valence-corrected chi connectivity index (χ4v) is 1.63. The third-order valence-electron chi connectivity index (χ3n) is 1.29. The molecule has 0 aliphatic carbocycles. The molecule has 11 heavy (non-hydrogen) atoms. The summed E-state index contributed by atoms with van der Waals surface area (Å²) < 4.78 is 0. The Morgan fingerprint density at radius 1 is 1.55 bits per heavy atom. The molecule has 1 rings (SSSR count). The highest BCUT2D eigenvalue weighted by atomic mass is 35.5. The molecule has 0 spiro atoms. The van der Waals surface area contributed by atoms with E-state index in [1.165, 1.54) is 9.75 Å². The molecule has 0 aliphatic heterocycles. The summed E-state index contributed by atoms with van der Waals surface area (Å²) in [4.78, 5) is 2.61. The average molecular weight is 187 g/mol. The van der Waals surface area contributed by atoms with Gasteiger partial charge in [-0.05, 0) is 32.1 Å². The largest absolute Gasteiger partial charge is 0.141 e. The molecule has 0 aliphatic rings. The van der Waals surface area contributed by atoms with Crippen LogP contribution in [0.2, 0.25) is 0 Å². The Hall–Kier alpha value is -0.270. The van der Waals surface area contributed by atoms with Crippen LogP contribution >= 0.6 is 22.9 Å². The van der Waals surface area contributed by atoms with Crippen LogP contribution < -0.4 is 0 Å². The van der Waals surface area contributed by atoms with E-state index in [1.54, 1.807) is 11.3 Å².